The number of hydrogen-bond acceptors (Lipinski definition) is 3. The second-order valence-electron chi connectivity index (χ2n) is 6.05. The van der Waals surface area contributed by atoms with E-state index in [0.29, 0.717) is 17.2 Å². The quantitative estimate of drug-likeness (QED) is 0.625. The van der Waals surface area contributed by atoms with Crippen LogP contribution in [0, 0.1) is 11.8 Å². The smallest absolute Gasteiger partial charge is 0.413 e. The zero-order chi connectivity index (χ0) is 17.0. The highest BCUT2D eigenvalue weighted by atomic mass is 16.4. The number of nitrogens with two attached hydrogens (primary N) is 1. The largest absolute Gasteiger partial charge is 0.465 e. The van der Waals surface area contributed by atoms with Crippen molar-refractivity contribution in [2.45, 2.75) is 26.3 Å². The Labute approximate surface area is 135 Å². The van der Waals surface area contributed by atoms with Crippen molar-refractivity contribution in [3.63, 3.8) is 0 Å². The zero-order valence-corrected chi connectivity index (χ0v) is 13.4. The van der Waals surface area contributed by atoms with Crippen molar-refractivity contribution in [1.82, 2.24) is 4.98 Å². The lowest BCUT2D eigenvalue weighted by atomic mass is 10.1. The molecule has 5 heteroatoms. The standard InChI is InChI=1S/C18H19N3O2/c1-18(2,3)21(17(22)23)16-9-5-8-15(20-16)11-10-13-6-4-7-14(19)12-13/h4-9,12H,19H2,1-3H3,(H,22,23). The molecule has 1 aromatic carbocycles. The average Bonchev–Trinajstić information content (AvgIpc) is 2.44. The summed E-state index contributed by atoms with van der Waals surface area (Å²) in [5.74, 6) is 6.27. The molecule has 0 radical (unpaired) electrons. The molecule has 3 N–H and O–H groups in total. The van der Waals surface area contributed by atoms with Gasteiger partial charge >= 0.3 is 6.09 Å². The minimum Gasteiger partial charge on any atom is -0.465 e. The van der Waals surface area contributed by atoms with Crippen LogP contribution in [0.1, 0.15) is 32.0 Å². The second kappa shape index (κ2) is 6.41. The third kappa shape index (κ3) is 4.24. The Bertz CT molecular complexity index is 783. The van der Waals surface area contributed by atoms with Crippen LogP contribution >= 0.6 is 0 Å². The molecule has 1 aromatic heterocycles. The number of nitrogens with zero attached hydrogens (tertiary/aromatic N) is 2. The van der Waals surface area contributed by atoms with E-state index in [1.54, 1.807) is 30.3 Å². The molecule has 0 fully saturated rings. The van der Waals surface area contributed by atoms with Crippen LogP contribution in [0.15, 0.2) is 42.5 Å². The first-order valence-electron chi connectivity index (χ1n) is 7.15. The zero-order valence-electron chi connectivity index (χ0n) is 13.4. The lowest BCUT2D eigenvalue weighted by molar-refractivity contribution is 0.195. The molecule has 0 saturated heterocycles. The van der Waals surface area contributed by atoms with E-state index in [-0.39, 0.29) is 0 Å². The Morgan fingerprint density at radius 2 is 1.87 bits per heavy atom. The lowest BCUT2D eigenvalue weighted by Gasteiger charge is -2.32. The van der Waals surface area contributed by atoms with E-state index in [9.17, 15) is 9.90 Å². The molecule has 0 bridgehead atoms. The summed E-state index contributed by atoms with van der Waals surface area (Å²) in [7, 11) is 0. The fourth-order valence-corrected chi connectivity index (χ4v) is 2.10. The molecule has 118 valence electrons. The molecule has 2 aromatic rings. The maximum Gasteiger partial charge on any atom is 0.413 e. The number of hydrogen-bond donors (Lipinski definition) is 2. The van der Waals surface area contributed by atoms with Gasteiger partial charge < -0.3 is 10.8 Å². The molecule has 0 spiro atoms. The van der Waals surface area contributed by atoms with Gasteiger partial charge in [-0.25, -0.2) is 9.78 Å². The highest BCUT2D eigenvalue weighted by Gasteiger charge is 2.28. The van der Waals surface area contributed by atoms with Crippen LogP contribution in [0.2, 0.25) is 0 Å². The van der Waals surface area contributed by atoms with E-state index in [4.69, 9.17) is 5.73 Å². The third-order valence-electron chi connectivity index (χ3n) is 3.05. The van der Waals surface area contributed by atoms with Crippen molar-refractivity contribution in [2.24, 2.45) is 0 Å². The molecule has 5 nitrogen and oxygen atoms in total. The van der Waals surface area contributed by atoms with E-state index in [1.807, 2.05) is 32.9 Å². The minimum absolute atomic E-state index is 0.351. The second-order valence-corrected chi connectivity index (χ2v) is 6.05. The van der Waals surface area contributed by atoms with Crippen molar-refractivity contribution >= 4 is 17.6 Å². The van der Waals surface area contributed by atoms with Gasteiger partial charge in [0, 0.05) is 16.8 Å². The van der Waals surface area contributed by atoms with Gasteiger partial charge in [0.15, 0.2) is 0 Å². The van der Waals surface area contributed by atoms with Crippen LogP contribution in [0.25, 0.3) is 0 Å². The summed E-state index contributed by atoms with van der Waals surface area (Å²) in [6.45, 7) is 5.44. The fraction of sp³-hybridized carbons (Fsp3) is 0.222. The van der Waals surface area contributed by atoms with Gasteiger partial charge in [0.2, 0.25) is 0 Å². The van der Waals surface area contributed by atoms with Crippen LogP contribution in [-0.2, 0) is 0 Å². The Balaban J connectivity index is 2.36. The molecule has 0 aliphatic heterocycles. The summed E-state index contributed by atoms with van der Waals surface area (Å²) in [5.41, 5.74) is 7.04. The Morgan fingerprint density at radius 3 is 2.48 bits per heavy atom. The molecular weight excluding hydrogens is 290 g/mol. The molecule has 23 heavy (non-hydrogen) atoms. The number of aromatic nitrogens is 1. The van der Waals surface area contributed by atoms with Gasteiger partial charge in [-0.05, 0) is 57.0 Å². The predicted molar refractivity (Wildman–Crippen MR) is 91.3 cm³/mol. The summed E-state index contributed by atoms with van der Waals surface area (Å²) in [4.78, 5) is 17.1. The first kappa shape index (κ1) is 16.4. The first-order chi connectivity index (χ1) is 10.8. The number of carboxylic acid groups (broad SMARTS) is 1. The maximum absolute atomic E-state index is 11.5. The van der Waals surface area contributed by atoms with Gasteiger partial charge in [0.25, 0.3) is 0 Å². The Kier molecular flexibility index (Phi) is 4.56. The van der Waals surface area contributed by atoms with Crippen molar-refractivity contribution in [1.29, 1.82) is 0 Å². The lowest BCUT2D eigenvalue weighted by Crippen LogP contribution is -2.45. The van der Waals surface area contributed by atoms with Gasteiger partial charge in [-0.15, -0.1) is 0 Å². The molecule has 1 amide bonds. The van der Waals surface area contributed by atoms with Crippen LogP contribution in [0.5, 0.6) is 0 Å². The summed E-state index contributed by atoms with van der Waals surface area (Å²) < 4.78 is 0. The normalized spacial score (nSPS) is 10.6. The van der Waals surface area contributed by atoms with Crippen molar-refractivity contribution < 1.29 is 9.90 Å². The van der Waals surface area contributed by atoms with E-state index in [0.717, 1.165) is 5.56 Å². The van der Waals surface area contributed by atoms with E-state index >= 15 is 0 Å². The Hall–Kier alpha value is -3.00. The summed E-state index contributed by atoms with van der Waals surface area (Å²) in [5, 5.41) is 9.43. The highest BCUT2D eigenvalue weighted by molar-refractivity contribution is 5.86. The molecule has 0 aliphatic carbocycles. The number of amides is 1. The molecule has 0 atom stereocenters. The molecule has 2 rings (SSSR count). The Morgan fingerprint density at radius 1 is 1.17 bits per heavy atom. The first-order valence-corrected chi connectivity index (χ1v) is 7.15. The van der Waals surface area contributed by atoms with Crippen molar-refractivity contribution in [3.05, 3.63) is 53.7 Å². The van der Waals surface area contributed by atoms with Gasteiger partial charge in [0.1, 0.15) is 11.5 Å². The molecule has 1 heterocycles. The number of carbonyl (C=O) groups is 1. The predicted octanol–water partition coefficient (Wildman–Crippen LogP) is 3.35. The highest BCUT2D eigenvalue weighted by Crippen LogP contribution is 2.22. The SMILES string of the molecule is CC(C)(C)N(C(=O)O)c1cccc(C#Cc2cccc(N)c2)n1. The number of anilines is 2. The molecular formula is C18H19N3O2. The van der Waals surface area contributed by atoms with Gasteiger partial charge in [0.05, 0.1) is 0 Å². The van der Waals surface area contributed by atoms with Gasteiger partial charge in [-0.1, -0.05) is 18.1 Å². The van der Waals surface area contributed by atoms with E-state index in [1.165, 1.54) is 4.90 Å². The van der Waals surface area contributed by atoms with Crippen LogP contribution in [0.3, 0.4) is 0 Å². The van der Waals surface area contributed by atoms with E-state index < -0.39 is 11.6 Å². The summed E-state index contributed by atoms with van der Waals surface area (Å²) >= 11 is 0. The fourth-order valence-electron chi connectivity index (χ4n) is 2.10. The molecule has 0 unspecified atom stereocenters. The van der Waals surface area contributed by atoms with Crippen LogP contribution in [0.4, 0.5) is 16.3 Å². The average molecular weight is 309 g/mol. The van der Waals surface area contributed by atoms with E-state index in [2.05, 4.69) is 16.8 Å². The number of rotatable bonds is 1. The van der Waals surface area contributed by atoms with Gasteiger partial charge in [-0.3, -0.25) is 4.90 Å². The van der Waals surface area contributed by atoms with Crippen molar-refractivity contribution in [2.75, 3.05) is 10.6 Å². The molecule has 0 aliphatic rings. The minimum atomic E-state index is -1.05. The summed E-state index contributed by atoms with van der Waals surface area (Å²) in [6.07, 6.45) is -1.05. The molecule has 0 saturated carbocycles. The third-order valence-corrected chi connectivity index (χ3v) is 3.05. The number of nitrogen functional groups attached to an aromatic ring is 1. The van der Waals surface area contributed by atoms with Crippen molar-refractivity contribution in [3.8, 4) is 11.8 Å². The monoisotopic (exact) mass is 309 g/mol. The van der Waals surface area contributed by atoms with Gasteiger partial charge in [-0.2, -0.15) is 0 Å². The topological polar surface area (TPSA) is 79.5 Å². The number of benzene rings is 1. The van der Waals surface area contributed by atoms with Crippen LogP contribution < -0.4 is 10.6 Å². The maximum atomic E-state index is 11.5. The van der Waals surface area contributed by atoms with Crippen LogP contribution in [-0.4, -0.2) is 21.7 Å². The number of pyridine rings is 1. The summed E-state index contributed by atoms with van der Waals surface area (Å²) in [6, 6.07) is 12.4.